The highest BCUT2D eigenvalue weighted by atomic mass is 16.5. The molecule has 1 saturated carbocycles. The van der Waals surface area contributed by atoms with Crippen molar-refractivity contribution in [2.24, 2.45) is 0 Å². The molecule has 2 fully saturated rings. The average molecular weight is 315 g/mol. The van der Waals surface area contributed by atoms with Gasteiger partial charge in [0.2, 0.25) is 0 Å². The number of benzene rings is 1. The van der Waals surface area contributed by atoms with Crippen molar-refractivity contribution in [1.82, 2.24) is 14.5 Å². The minimum atomic E-state index is 0.0324. The van der Waals surface area contributed by atoms with Gasteiger partial charge in [-0.05, 0) is 44.2 Å². The van der Waals surface area contributed by atoms with Crippen molar-refractivity contribution in [2.45, 2.75) is 50.3 Å². The predicted octanol–water partition coefficient (Wildman–Crippen LogP) is 2.53. The van der Waals surface area contributed by atoms with Crippen LogP contribution in [0, 0.1) is 0 Å². The summed E-state index contributed by atoms with van der Waals surface area (Å²) in [6.07, 6.45) is 6.13. The summed E-state index contributed by atoms with van der Waals surface area (Å²) >= 11 is 0. The van der Waals surface area contributed by atoms with Gasteiger partial charge >= 0.3 is 5.69 Å². The van der Waals surface area contributed by atoms with E-state index in [-0.39, 0.29) is 5.69 Å². The fourth-order valence-corrected chi connectivity index (χ4v) is 4.41. The van der Waals surface area contributed by atoms with Crippen LogP contribution in [0.3, 0.4) is 0 Å². The molecule has 0 bridgehead atoms. The Bertz CT molecular complexity index is 727. The lowest BCUT2D eigenvalue weighted by Crippen LogP contribution is -2.42. The van der Waals surface area contributed by atoms with Gasteiger partial charge in [0.15, 0.2) is 0 Å². The molecule has 2 aromatic rings. The van der Waals surface area contributed by atoms with Crippen LogP contribution < -0.4 is 5.69 Å². The maximum atomic E-state index is 12.3. The molecule has 1 aromatic heterocycles. The molecule has 2 unspecified atom stereocenters. The van der Waals surface area contributed by atoms with Crippen LogP contribution in [-0.2, 0) is 4.74 Å². The number of para-hydroxylation sites is 2. The molecule has 23 heavy (non-hydrogen) atoms. The third-order valence-electron chi connectivity index (χ3n) is 5.69. The molecule has 4 rings (SSSR count). The third-order valence-corrected chi connectivity index (χ3v) is 5.69. The Kier molecular flexibility index (Phi) is 3.99. The van der Waals surface area contributed by atoms with E-state index in [9.17, 15) is 4.79 Å². The van der Waals surface area contributed by atoms with Crippen molar-refractivity contribution < 1.29 is 4.74 Å². The van der Waals surface area contributed by atoms with Crippen molar-refractivity contribution >= 4 is 11.0 Å². The number of imidazole rings is 1. The van der Waals surface area contributed by atoms with E-state index in [0.717, 1.165) is 43.4 Å². The van der Waals surface area contributed by atoms with Crippen molar-refractivity contribution in [2.75, 3.05) is 20.2 Å². The second kappa shape index (κ2) is 6.13. The predicted molar refractivity (Wildman–Crippen MR) is 90.8 cm³/mol. The molecule has 1 N–H and O–H groups in total. The van der Waals surface area contributed by atoms with E-state index in [1.165, 1.54) is 12.8 Å². The third kappa shape index (κ3) is 2.72. The monoisotopic (exact) mass is 315 g/mol. The lowest BCUT2D eigenvalue weighted by molar-refractivity contribution is 0.0877. The first-order valence-electron chi connectivity index (χ1n) is 8.72. The van der Waals surface area contributed by atoms with E-state index in [1.54, 1.807) is 0 Å². The first-order valence-corrected chi connectivity index (χ1v) is 8.72. The standard InChI is InChI=1S/C18H25N3O2/c1-23-15-7-6-14(12-15)20-10-8-13(9-11-20)21-17-5-3-2-4-16(17)19-18(21)22/h2-5,13-15H,6-12H2,1H3,(H,19,22). The smallest absolute Gasteiger partial charge is 0.326 e. The lowest BCUT2D eigenvalue weighted by atomic mass is 10.0. The van der Waals surface area contributed by atoms with E-state index >= 15 is 0 Å². The number of aromatic amines is 1. The van der Waals surface area contributed by atoms with Crippen LogP contribution in [-0.4, -0.2) is 46.8 Å². The topological polar surface area (TPSA) is 50.3 Å². The van der Waals surface area contributed by atoms with Gasteiger partial charge in [-0.25, -0.2) is 4.79 Å². The summed E-state index contributed by atoms with van der Waals surface area (Å²) in [7, 11) is 1.82. The van der Waals surface area contributed by atoms with Crippen LogP contribution >= 0.6 is 0 Å². The van der Waals surface area contributed by atoms with Crippen LogP contribution in [0.5, 0.6) is 0 Å². The zero-order valence-corrected chi connectivity index (χ0v) is 13.7. The van der Waals surface area contributed by atoms with Gasteiger partial charge in [0.1, 0.15) is 0 Å². The molecule has 5 heteroatoms. The second-order valence-electron chi connectivity index (χ2n) is 6.91. The summed E-state index contributed by atoms with van der Waals surface area (Å²) < 4.78 is 7.47. The zero-order valence-electron chi connectivity index (χ0n) is 13.7. The largest absolute Gasteiger partial charge is 0.381 e. The van der Waals surface area contributed by atoms with Crippen LogP contribution in [0.15, 0.2) is 29.1 Å². The van der Waals surface area contributed by atoms with Crippen molar-refractivity contribution in [3.05, 3.63) is 34.7 Å². The van der Waals surface area contributed by atoms with Gasteiger partial charge in [-0.15, -0.1) is 0 Å². The SMILES string of the molecule is COC1CCC(N2CCC(n3c(=O)[nH]c4ccccc43)CC2)C1. The van der Waals surface area contributed by atoms with Gasteiger partial charge in [-0.1, -0.05) is 12.1 Å². The highest BCUT2D eigenvalue weighted by Crippen LogP contribution is 2.31. The summed E-state index contributed by atoms with van der Waals surface area (Å²) in [5, 5.41) is 0. The van der Waals surface area contributed by atoms with Gasteiger partial charge < -0.3 is 14.6 Å². The van der Waals surface area contributed by atoms with Gasteiger partial charge in [-0.3, -0.25) is 4.57 Å². The Balaban J connectivity index is 1.47. The Hall–Kier alpha value is -1.59. The van der Waals surface area contributed by atoms with Gasteiger partial charge in [0.25, 0.3) is 0 Å². The molecular weight excluding hydrogens is 290 g/mol. The number of likely N-dealkylation sites (tertiary alicyclic amines) is 1. The Morgan fingerprint density at radius 3 is 2.61 bits per heavy atom. The molecule has 0 radical (unpaired) electrons. The summed E-state index contributed by atoms with van der Waals surface area (Å²) in [6, 6.07) is 8.98. The summed E-state index contributed by atoms with van der Waals surface area (Å²) in [5.74, 6) is 0. The molecule has 1 saturated heterocycles. The Morgan fingerprint density at radius 1 is 1.09 bits per heavy atom. The minimum Gasteiger partial charge on any atom is -0.381 e. The maximum absolute atomic E-state index is 12.3. The average Bonchev–Trinajstić information content (AvgIpc) is 3.18. The van der Waals surface area contributed by atoms with Gasteiger partial charge in [0.05, 0.1) is 17.1 Å². The lowest BCUT2D eigenvalue weighted by Gasteiger charge is -2.36. The number of rotatable bonds is 3. The number of H-pyrrole nitrogens is 1. The highest BCUT2D eigenvalue weighted by molar-refractivity contribution is 5.75. The normalized spacial score (nSPS) is 27.0. The van der Waals surface area contributed by atoms with Crippen LogP contribution in [0.1, 0.15) is 38.1 Å². The molecule has 1 aromatic carbocycles. The van der Waals surface area contributed by atoms with E-state index in [4.69, 9.17) is 4.74 Å². The van der Waals surface area contributed by atoms with Crippen molar-refractivity contribution in [3.8, 4) is 0 Å². The molecule has 0 spiro atoms. The number of ether oxygens (including phenoxy) is 1. The molecule has 2 aliphatic rings. The second-order valence-corrected chi connectivity index (χ2v) is 6.91. The Labute approximate surface area is 136 Å². The number of nitrogens with zero attached hydrogens (tertiary/aromatic N) is 2. The molecule has 1 aliphatic carbocycles. The fraction of sp³-hybridized carbons (Fsp3) is 0.611. The first kappa shape index (κ1) is 15.0. The van der Waals surface area contributed by atoms with Crippen molar-refractivity contribution in [3.63, 3.8) is 0 Å². The maximum Gasteiger partial charge on any atom is 0.326 e. The summed E-state index contributed by atoms with van der Waals surface area (Å²) in [6.45, 7) is 2.16. The number of hydrogen-bond acceptors (Lipinski definition) is 3. The number of methoxy groups -OCH3 is 1. The fourth-order valence-electron chi connectivity index (χ4n) is 4.41. The molecule has 0 amide bonds. The molecule has 1 aliphatic heterocycles. The van der Waals surface area contributed by atoms with Crippen molar-refractivity contribution in [1.29, 1.82) is 0 Å². The molecule has 2 heterocycles. The van der Waals surface area contributed by atoms with E-state index in [1.807, 2.05) is 35.9 Å². The zero-order chi connectivity index (χ0) is 15.8. The summed E-state index contributed by atoms with van der Waals surface area (Å²) in [5.41, 5.74) is 2.01. The van der Waals surface area contributed by atoms with Crippen LogP contribution in [0.4, 0.5) is 0 Å². The number of aromatic nitrogens is 2. The quantitative estimate of drug-likeness (QED) is 0.947. The molecule has 2 atom stereocenters. The highest BCUT2D eigenvalue weighted by Gasteiger charge is 2.32. The van der Waals surface area contributed by atoms with Gasteiger partial charge in [0, 0.05) is 32.3 Å². The van der Waals surface area contributed by atoms with E-state index in [0.29, 0.717) is 18.2 Å². The minimum absolute atomic E-state index is 0.0324. The van der Waals surface area contributed by atoms with Crippen LogP contribution in [0.2, 0.25) is 0 Å². The number of fused-ring (bicyclic) bond motifs is 1. The molecule has 124 valence electrons. The summed E-state index contributed by atoms with van der Waals surface area (Å²) in [4.78, 5) is 17.9. The van der Waals surface area contributed by atoms with E-state index < -0.39 is 0 Å². The molecule has 5 nitrogen and oxygen atoms in total. The van der Waals surface area contributed by atoms with Gasteiger partial charge in [-0.2, -0.15) is 0 Å². The number of nitrogens with one attached hydrogen (secondary N) is 1. The van der Waals surface area contributed by atoms with Crippen LogP contribution in [0.25, 0.3) is 11.0 Å². The van der Waals surface area contributed by atoms with E-state index in [2.05, 4.69) is 9.88 Å². The number of hydrogen-bond donors (Lipinski definition) is 1. The Morgan fingerprint density at radius 2 is 1.87 bits per heavy atom. The molecular formula is C18H25N3O2. The first-order chi connectivity index (χ1) is 11.3. The number of piperidine rings is 1.